The first-order valence-corrected chi connectivity index (χ1v) is 11.3. The van der Waals surface area contributed by atoms with Gasteiger partial charge in [-0.25, -0.2) is 0 Å². The predicted octanol–water partition coefficient (Wildman–Crippen LogP) is 4.36. The molecule has 0 saturated carbocycles. The number of nitro groups is 1. The number of likely N-dealkylation sites (tertiary alicyclic amines) is 1. The van der Waals surface area contributed by atoms with Crippen LogP contribution in [0.2, 0.25) is 0 Å². The lowest BCUT2D eigenvalue weighted by molar-refractivity contribution is -0.384. The monoisotopic (exact) mass is 425 g/mol. The molecule has 0 aromatic heterocycles. The number of benzene rings is 2. The van der Waals surface area contributed by atoms with Crippen molar-refractivity contribution in [1.82, 2.24) is 10.2 Å². The molecule has 1 aliphatic heterocycles. The zero-order valence-electron chi connectivity index (χ0n) is 17.1. The molecule has 0 bridgehead atoms. The van der Waals surface area contributed by atoms with Crippen LogP contribution < -0.4 is 5.32 Å². The Bertz CT molecular complexity index is 891. The Labute approximate surface area is 181 Å². The SMILES string of the molecule is CSc1ccccc1CN1CCC(CNC(=O)/C=C/c2ccc([N+](=O)[O-])cc2)CC1. The lowest BCUT2D eigenvalue weighted by atomic mass is 9.96. The Hall–Kier alpha value is -2.64. The number of hydrogen-bond donors (Lipinski definition) is 1. The number of thioether (sulfide) groups is 1. The number of carbonyl (C=O) groups excluding carboxylic acids is 1. The molecular formula is C23H27N3O3S. The maximum atomic E-state index is 12.1. The van der Waals surface area contributed by atoms with Crippen LogP contribution in [-0.4, -0.2) is 41.6 Å². The van der Waals surface area contributed by atoms with Crippen LogP contribution >= 0.6 is 11.8 Å². The molecule has 2 aromatic carbocycles. The van der Waals surface area contributed by atoms with Crippen molar-refractivity contribution in [3.8, 4) is 0 Å². The summed E-state index contributed by atoms with van der Waals surface area (Å²) in [5.74, 6) is 0.360. The average molecular weight is 426 g/mol. The molecule has 7 heteroatoms. The molecule has 0 aliphatic carbocycles. The van der Waals surface area contributed by atoms with E-state index in [0.29, 0.717) is 12.5 Å². The molecule has 3 rings (SSSR count). The van der Waals surface area contributed by atoms with Crippen LogP contribution in [0, 0.1) is 16.0 Å². The number of rotatable bonds is 8. The average Bonchev–Trinajstić information content (AvgIpc) is 2.78. The summed E-state index contributed by atoms with van der Waals surface area (Å²) in [5.41, 5.74) is 2.18. The Kier molecular flexibility index (Phi) is 8.04. The number of nitro benzene ring substituents is 1. The summed E-state index contributed by atoms with van der Waals surface area (Å²) in [5, 5.41) is 13.7. The predicted molar refractivity (Wildman–Crippen MR) is 121 cm³/mol. The molecule has 1 aliphatic rings. The molecular weight excluding hydrogens is 398 g/mol. The summed E-state index contributed by atoms with van der Waals surface area (Å²) in [6.07, 6.45) is 7.42. The van der Waals surface area contributed by atoms with E-state index in [9.17, 15) is 14.9 Å². The standard InChI is InChI=1S/C23H27N3O3S/c1-30-22-5-3-2-4-20(22)17-25-14-12-19(13-15-25)16-24-23(27)11-8-18-6-9-21(10-7-18)26(28)29/h2-11,19H,12-17H2,1H3,(H,24,27)/b11-8+. The summed E-state index contributed by atoms with van der Waals surface area (Å²) >= 11 is 1.79. The number of nitrogens with one attached hydrogen (secondary N) is 1. The molecule has 1 saturated heterocycles. The summed E-state index contributed by atoms with van der Waals surface area (Å²) in [7, 11) is 0. The lowest BCUT2D eigenvalue weighted by Crippen LogP contribution is -2.38. The van der Waals surface area contributed by atoms with Crippen molar-refractivity contribution in [2.45, 2.75) is 24.3 Å². The first-order chi connectivity index (χ1) is 14.5. The van der Waals surface area contributed by atoms with Gasteiger partial charge in [0.2, 0.25) is 5.91 Å². The molecule has 158 valence electrons. The number of non-ortho nitro benzene ring substituents is 1. The second-order valence-corrected chi connectivity index (χ2v) is 8.31. The second-order valence-electron chi connectivity index (χ2n) is 7.46. The lowest BCUT2D eigenvalue weighted by Gasteiger charge is -2.32. The molecule has 0 spiro atoms. The smallest absolute Gasteiger partial charge is 0.269 e. The highest BCUT2D eigenvalue weighted by molar-refractivity contribution is 7.98. The third-order valence-electron chi connectivity index (χ3n) is 5.39. The van der Waals surface area contributed by atoms with Crippen LogP contribution in [0.4, 0.5) is 5.69 Å². The van der Waals surface area contributed by atoms with Crippen molar-refractivity contribution >= 4 is 29.4 Å². The normalized spacial score (nSPS) is 15.4. The molecule has 1 heterocycles. The molecule has 30 heavy (non-hydrogen) atoms. The van der Waals surface area contributed by atoms with Crippen LogP contribution in [0.1, 0.15) is 24.0 Å². The van der Waals surface area contributed by atoms with Gasteiger partial charge in [0, 0.05) is 36.2 Å². The first-order valence-electron chi connectivity index (χ1n) is 10.1. The zero-order chi connectivity index (χ0) is 21.3. The van der Waals surface area contributed by atoms with E-state index in [4.69, 9.17) is 0 Å². The largest absolute Gasteiger partial charge is 0.352 e. The molecule has 0 radical (unpaired) electrons. The van der Waals surface area contributed by atoms with Gasteiger partial charge in [0.25, 0.3) is 5.69 Å². The Morgan fingerprint density at radius 3 is 2.57 bits per heavy atom. The van der Waals surface area contributed by atoms with Gasteiger partial charge in [-0.1, -0.05) is 18.2 Å². The van der Waals surface area contributed by atoms with Crippen LogP contribution in [0.25, 0.3) is 6.08 Å². The van der Waals surface area contributed by atoms with E-state index in [1.807, 2.05) is 0 Å². The molecule has 0 atom stereocenters. The fourth-order valence-electron chi connectivity index (χ4n) is 3.61. The summed E-state index contributed by atoms with van der Waals surface area (Å²) in [4.78, 5) is 26.2. The quantitative estimate of drug-likeness (QED) is 0.294. The van der Waals surface area contributed by atoms with Crippen molar-refractivity contribution in [3.63, 3.8) is 0 Å². The van der Waals surface area contributed by atoms with E-state index in [1.165, 1.54) is 28.7 Å². The number of piperidine rings is 1. The third kappa shape index (κ3) is 6.43. The van der Waals surface area contributed by atoms with Gasteiger partial charge in [-0.2, -0.15) is 0 Å². The summed E-state index contributed by atoms with van der Waals surface area (Å²) in [6, 6.07) is 14.7. The van der Waals surface area contributed by atoms with Crippen LogP contribution in [0.3, 0.4) is 0 Å². The van der Waals surface area contributed by atoms with Crippen molar-refractivity contribution in [3.05, 3.63) is 75.8 Å². The third-order valence-corrected chi connectivity index (χ3v) is 6.23. The highest BCUT2D eigenvalue weighted by Crippen LogP contribution is 2.24. The van der Waals surface area contributed by atoms with Gasteiger partial charge in [-0.05, 0) is 73.5 Å². The molecule has 1 N–H and O–H groups in total. The van der Waals surface area contributed by atoms with Gasteiger partial charge in [0.1, 0.15) is 0 Å². The van der Waals surface area contributed by atoms with E-state index in [-0.39, 0.29) is 11.6 Å². The summed E-state index contributed by atoms with van der Waals surface area (Å²) < 4.78 is 0. The number of carbonyl (C=O) groups is 1. The van der Waals surface area contributed by atoms with E-state index >= 15 is 0 Å². The van der Waals surface area contributed by atoms with Gasteiger partial charge in [0.15, 0.2) is 0 Å². The van der Waals surface area contributed by atoms with Gasteiger partial charge in [-0.3, -0.25) is 19.8 Å². The molecule has 2 aromatic rings. The zero-order valence-corrected chi connectivity index (χ0v) is 17.9. The number of nitrogens with zero attached hydrogens (tertiary/aromatic N) is 2. The Balaban J connectivity index is 1.39. The fraction of sp³-hybridized carbons (Fsp3) is 0.348. The highest BCUT2D eigenvalue weighted by Gasteiger charge is 2.20. The molecule has 1 amide bonds. The molecule has 1 fully saturated rings. The van der Waals surface area contributed by atoms with E-state index in [1.54, 1.807) is 30.0 Å². The van der Waals surface area contributed by atoms with Crippen molar-refractivity contribution in [2.75, 3.05) is 25.9 Å². The minimum atomic E-state index is -0.437. The van der Waals surface area contributed by atoms with Crippen molar-refractivity contribution < 1.29 is 9.72 Å². The Morgan fingerprint density at radius 1 is 1.20 bits per heavy atom. The van der Waals surface area contributed by atoms with Gasteiger partial charge < -0.3 is 5.32 Å². The Morgan fingerprint density at radius 2 is 1.90 bits per heavy atom. The van der Waals surface area contributed by atoms with E-state index in [0.717, 1.165) is 38.0 Å². The molecule has 6 nitrogen and oxygen atoms in total. The van der Waals surface area contributed by atoms with Gasteiger partial charge >= 0.3 is 0 Å². The highest BCUT2D eigenvalue weighted by atomic mass is 32.2. The van der Waals surface area contributed by atoms with Crippen molar-refractivity contribution in [2.24, 2.45) is 5.92 Å². The van der Waals surface area contributed by atoms with Crippen LogP contribution in [-0.2, 0) is 11.3 Å². The second kappa shape index (κ2) is 10.9. The maximum Gasteiger partial charge on any atom is 0.269 e. The van der Waals surface area contributed by atoms with E-state index < -0.39 is 4.92 Å². The summed E-state index contributed by atoms with van der Waals surface area (Å²) in [6.45, 7) is 3.75. The van der Waals surface area contributed by atoms with Crippen LogP contribution in [0.5, 0.6) is 0 Å². The minimum Gasteiger partial charge on any atom is -0.352 e. The minimum absolute atomic E-state index is 0.0416. The maximum absolute atomic E-state index is 12.1. The number of hydrogen-bond acceptors (Lipinski definition) is 5. The number of amides is 1. The first kappa shape index (κ1) is 22.1. The van der Waals surface area contributed by atoms with Gasteiger partial charge in [0.05, 0.1) is 4.92 Å². The molecule has 0 unspecified atom stereocenters. The van der Waals surface area contributed by atoms with E-state index in [2.05, 4.69) is 40.7 Å². The van der Waals surface area contributed by atoms with Crippen molar-refractivity contribution in [1.29, 1.82) is 0 Å². The van der Waals surface area contributed by atoms with Gasteiger partial charge in [-0.15, -0.1) is 11.8 Å². The fourth-order valence-corrected chi connectivity index (χ4v) is 4.22. The topological polar surface area (TPSA) is 75.5 Å². The van der Waals surface area contributed by atoms with Crippen LogP contribution in [0.15, 0.2) is 59.5 Å².